The number of terminal acetylenes is 1. The number of pyridine rings is 1. The average Bonchev–Trinajstić information content (AvgIpc) is 1.68. The Bertz CT molecular complexity index is 5780. The van der Waals surface area contributed by atoms with Gasteiger partial charge in [-0.1, -0.05) is 166 Å². The van der Waals surface area contributed by atoms with Crippen molar-refractivity contribution in [1.82, 2.24) is 49.6 Å². The van der Waals surface area contributed by atoms with Crippen LogP contribution in [0.3, 0.4) is 0 Å². The van der Waals surface area contributed by atoms with Gasteiger partial charge in [0.05, 0.1) is 66.1 Å². The molecule has 8 heterocycles. The smallest absolute Gasteiger partial charge is 0.294 e. The lowest BCUT2D eigenvalue weighted by atomic mass is 9.66. The fraction of sp³-hybridized carbons (Fsp3) is 0.585. The first kappa shape index (κ1) is 105. The van der Waals surface area contributed by atoms with Gasteiger partial charge in [0.1, 0.15) is 17.5 Å². The van der Waals surface area contributed by atoms with Crippen LogP contribution in [0.1, 0.15) is 378 Å². The number of methoxy groups -OCH3 is 2. The van der Waals surface area contributed by atoms with E-state index in [1.54, 1.807) is 32.7 Å². The third-order valence-electron chi connectivity index (χ3n) is 33.2. The summed E-state index contributed by atoms with van der Waals surface area (Å²) >= 11 is 0. The Hall–Kier alpha value is -10.4. The lowest BCUT2D eigenvalue weighted by Crippen LogP contribution is -2.47. The van der Waals surface area contributed by atoms with Crippen LogP contribution < -0.4 is 10.2 Å². The Morgan fingerprint density at radius 1 is 0.617 bits per heavy atom. The van der Waals surface area contributed by atoms with Crippen molar-refractivity contribution in [1.29, 1.82) is 5.26 Å². The summed E-state index contributed by atoms with van der Waals surface area (Å²) in [7, 11) is 5.78. The van der Waals surface area contributed by atoms with Gasteiger partial charge in [-0.2, -0.15) is 5.26 Å². The Kier molecular flexibility index (Phi) is 35.6. The molecule has 752 valence electrons. The number of likely N-dealkylation sites (tertiary alicyclic amines) is 1. The molecule has 18 rings (SSSR count). The number of ketones is 3. The molecule has 7 aliphatic carbocycles. The molecule has 7 fully saturated rings. The van der Waals surface area contributed by atoms with Crippen molar-refractivity contribution in [2.24, 2.45) is 27.2 Å². The van der Waals surface area contributed by atoms with Crippen LogP contribution in [0.25, 0.3) is 21.6 Å². The summed E-state index contributed by atoms with van der Waals surface area (Å²) < 4.78 is 16.2. The first-order chi connectivity index (χ1) is 68.0. The lowest BCUT2D eigenvalue weighted by Gasteiger charge is -2.43. The molecule has 4 saturated carbocycles. The highest BCUT2D eigenvalue weighted by atomic mass is 16.5. The number of morpholine rings is 1. The molecule has 3 saturated heterocycles. The fourth-order valence-electron chi connectivity index (χ4n) is 23.8. The van der Waals surface area contributed by atoms with Crippen molar-refractivity contribution in [3.05, 3.63) is 217 Å². The minimum absolute atomic E-state index is 0.0503. The summed E-state index contributed by atoms with van der Waals surface area (Å²) in [6, 6.07) is 27.3. The molecule has 141 heavy (non-hydrogen) atoms. The number of hydrogen-bond acceptors (Lipinski definition) is 18. The van der Waals surface area contributed by atoms with Gasteiger partial charge in [-0.3, -0.25) is 34.0 Å². The van der Waals surface area contributed by atoms with Crippen LogP contribution in [-0.4, -0.2) is 189 Å². The number of carbonyl (C=O) groups is 4. The molecular weight excluding hydrogens is 1760 g/mol. The number of carbonyl (C=O) groups excluding carboxylic acids is 4. The van der Waals surface area contributed by atoms with Crippen LogP contribution in [0.15, 0.2) is 120 Å². The standard InChI is InChI=1S/C30H38N4O3.C30H38N4O.C30H42N2O2.C28H39N5O2/c1-29(2)9-5-21(6-10-29)26-18-23(4-3-22(26)17-27(35)28-32-20-24(19-31)33-28)30(36)11-7-25(8-12-30)34-13-15-37-16-14-34;1-4-24-21-31-28(32-24)25(35)20-23-10-11-26(33-27(23)22-12-16-29(2,3)17-13-22)30(14-6-7-15-30)34-18-8-5-9-19-34;1-22-21-31-28(32-22)27(33)19-24-9-10-25(20-26(24)23-11-16-29(2,3)17-12-23)30(15-8-18-34-4)13-6-5-7-14-30;1-20-13-15-33(16-14-20)26-19-22(21-5-8-23(9-6-21)32(3)17-18-35-4)7-10-24(26)31-28(34)25-11-12-27(29-2)30-25/h3-5,18,20,25,36H,6-17H2,1-2H3,(H,32,33);1,10-12,21H,5-9,13-20H2,2-3H3,(H,31,32);9-11,20-21H,5-8,12-19H2,1-4H3,(H,31,32);7,10,12,19-21,23H,5-6,8-9,11,13-18H2,1,3-4H3,(H,31,34). The molecule has 4 aromatic heterocycles. The summed E-state index contributed by atoms with van der Waals surface area (Å²) in [6.45, 7) is 35.8. The number of aryl methyl sites for hydroxylation is 1. The number of ether oxygens (including phenoxy) is 3. The number of rotatable bonds is 29. The third-order valence-corrected chi connectivity index (χ3v) is 33.2. The highest BCUT2D eigenvalue weighted by molar-refractivity contribution is 6.44. The Balaban J connectivity index is 0.000000142. The zero-order valence-corrected chi connectivity index (χ0v) is 86.4. The topological polar surface area (TPSA) is 281 Å². The van der Waals surface area contributed by atoms with E-state index in [1.165, 1.54) is 187 Å². The van der Waals surface area contributed by atoms with Crippen LogP contribution in [0.2, 0.25) is 0 Å². The number of nitriles is 1. The van der Waals surface area contributed by atoms with E-state index in [0.717, 1.165) is 199 Å². The molecule has 0 radical (unpaired) electrons. The van der Waals surface area contributed by atoms with E-state index in [9.17, 15) is 24.3 Å². The summed E-state index contributed by atoms with van der Waals surface area (Å²) in [5.74, 6) is 4.78. The van der Waals surface area contributed by atoms with Crippen molar-refractivity contribution < 1.29 is 38.5 Å². The molecule has 0 bridgehead atoms. The first-order valence-electron chi connectivity index (χ1n) is 53.2. The van der Waals surface area contributed by atoms with E-state index in [0.29, 0.717) is 70.5 Å². The molecule has 7 aromatic rings. The minimum atomic E-state index is -0.850. The van der Waals surface area contributed by atoms with Gasteiger partial charge in [0.25, 0.3) is 11.7 Å². The monoisotopic (exact) mass is 1910 g/mol. The normalized spacial score (nSPS) is 22.8. The number of nitrogens with one attached hydrogen (secondary N) is 4. The van der Waals surface area contributed by atoms with Crippen molar-refractivity contribution >= 4 is 57.1 Å². The number of aliphatic imine (C=N–C) groups is 1. The molecule has 0 unspecified atom stereocenters. The van der Waals surface area contributed by atoms with E-state index in [2.05, 4.69) is 199 Å². The SMILES string of the molecule is C#Cc1cnc(C(=O)Cc2ccc(C3(N4CCCCC4)CCCC3)nc2C2=CCC(C)(C)CC2)[nH]1.CC1(C)CC=C(c2cc(C3(O)CCC(N4CCOCC4)CC3)ccc2CC(=O)c2ncc(C#N)[nH]2)CC1.COCCCC1(c2ccc(CC(=O)c3ncc(C)[nH]3)c(C3=CCC(C)(C)CC3)c2)CCCCC1.[C-]#[N+]C1=CCC(C(=O)Nc2ccc(C3CCC(N(C)CCOC)CC3)cc2N2CCC(C)CC2)=N1. The second-order valence-corrected chi connectivity index (χ2v) is 45.0. The zero-order chi connectivity index (χ0) is 99.5. The Morgan fingerprint density at radius 3 is 1.72 bits per heavy atom. The average molecular weight is 1910 g/mol. The number of H-pyrrole nitrogens is 3. The Labute approximate surface area is 839 Å². The highest BCUT2D eigenvalue weighted by Gasteiger charge is 2.45. The number of hydrogen-bond donors (Lipinski definition) is 5. The molecule has 11 aliphatic rings. The van der Waals surface area contributed by atoms with Crippen molar-refractivity contribution in [3.8, 4) is 18.4 Å². The molecule has 1 amide bonds. The molecule has 0 spiro atoms. The number of nitrogens with zero attached hydrogens (tertiary/aromatic N) is 11. The van der Waals surface area contributed by atoms with Crippen LogP contribution in [0.5, 0.6) is 0 Å². The van der Waals surface area contributed by atoms with Gasteiger partial charge in [0.2, 0.25) is 17.3 Å². The molecule has 23 nitrogen and oxygen atoms in total. The second kappa shape index (κ2) is 47.9. The van der Waals surface area contributed by atoms with Crippen LogP contribution in [0.4, 0.5) is 11.4 Å². The number of allylic oxidation sites excluding steroid dienone is 7. The van der Waals surface area contributed by atoms with E-state index < -0.39 is 5.60 Å². The van der Waals surface area contributed by atoms with Crippen LogP contribution in [0, 0.1) is 59.3 Å². The number of anilines is 2. The van der Waals surface area contributed by atoms with Gasteiger partial charge in [-0.25, -0.2) is 15.0 Å². The maximum atomic E-state index is 13.1. The third kappa shape index (κ3) is 26.8. The molecular formula is C118H157N15O8. The fourth-order valence-corrected chi connectivity index (χ4v) is 23.8. The van der Waals surface area contributed by atoms with E-state index in [4.69, 9.17) is 37.5 Å². The molecule has 0 atom stereocenters. The minimum Gasteiger partial charge on any atom is -0.385 e. The number of aromatic nitrogens is 7. The number of aromatic amines is 3. The number of piperidine rings is 2. The predicted octanol–water partition coefficient (Wildman–Crippen LogP) is 23.3. The van der Waals surface area contributed by atoms with Gasteiger partial charge in [-0.15, -0.1) is 11.4 Å². The maximum absolute atomic E-state index is 13.1. The first-order valence-corrected chi connectivity index (χ1v) is 53.2. The van der Waals surface area contributed by atoms with E-state index in [1.807, 2.05) is 25.1 Å². The van der Waals surface area contributed by atoms with Crippen LogP contribution in [-0.2, 0) is 54.8 Å². The van der Waals surface area contributed by atoms with Gasteiger partial charge in [-0.05, 0) is 319 Å². The highest BCUT2D eigenvalue weighted by Crippen LogP contribution is 2.51. The van der Waals surface area contributed by atoms with Crippen LogP contribution >= 0.6 is 0 Å². The van der Waals surface area contributed by atoms with E-state index in [-0.39, 0.29) is 64.0 Å². The Morgan fingerprint density at radius 2 is 1.17 bits per heavy atom. The number of amides is 1. The summed E-state index contributed by atoms with van der Waals surface area (Å²) in [6.07, 6.45) is 57.9. The number of likely N-dealkylation sites (N-methyl/N-ethyl adjacent to an activating group) is 1. The number of benzene rings is 3. The van der Waals surface area contributed by atoms with Gasteiger partial charge >= 0.3 is 0 Å². The summed E-state index contributed by atoms with van der Waals surface area (Å²) in [5, 5.41) is 24.0. The van der Waals surface area contributed by atoms with Gasteiger partial charge in [0.15, 0.2) is 23.2 Å². The number of imidazole rings is 3. The van der Waals surface area contributed by atoms with Gasteiger partial charge < -0.3 is 54.2 Å². The molecule has 3 aromatic carbocycles. The zero-order valence-electron chi connectivity index (χ0n) is 86.4. The summed E-state index contributed by atoms with van der Waals surface area (Å²) in [4.78, 5) is 96.6. The van der Waals surface area contributed by atoms with E-state index >= 15 is 0 Å². The predicted molar refractivity (Wildman–Crippen MR) is 563 cm³/mol. The summed E-state index contributed by atoms with van der Waals surface area (Å²) in [5.41, 5.74) is 19.9. The lowest BCUT2D eigenvalue weighted by molar-refractivity contribution is -0.110. The molecule has 23 heteroatoms. The largest absolute Gasteiger partial charge is 0.385 e. The molecule has 4 aliphatic heterocycles. The van der Waals surface area contributed by atoms with Crippen molar-refractivity contribution in [2.75, 3.05) is 104 Å². The number of Topliss-reactive ketones (excluding diaryl/α,β-unsaturated/α-hetero) is 3. The maximum Gasteiger partial charge on any atom is 0.294 e. The number of aliphatic hydroxyl groups is 1. The quantitative estimate of drug-likeness (QED) is 0.0126. The van der Waals surface area contributed by atoms with Crippen molar-refractivity contribution in [2.45, 2.75) is 328 Å². The second-order valence-electron chi connectivity index (χ2n) is 45.0. The van der Waals surface area contributed by atoms with Gasteiger partial charge in [0, 0.05) is 103 Å². The molecule has 5 N–H and O–H groups in total. The van der Waals surface area contributed by atoms with Crippen molar-refractivity contribution in [3.63, 3.8) is 0 Å².